The fourth-order valence-electron chi connectivity index (χ4n) is 5.92. The van der Waals surface area contributed by atoms with Crippen LogP contribution >= 0.6 is 0 Å². The van der Waals surface area contributed by atoms with Crippen LogP contribution in [0.1, 0.15) is 32.1 Å². The van der Waals surface area contributed by atoms with Crippen molar-refractivity contribution in [2.75, 3.05) is 54.1 Å². The van der Waals surface area contributed by atoms with Crippen molar-refractivity contribution in [3.8, 4) is 5.82 Å². The Bertz CT molecular complexity index is 1290. The normalized spacial score (nSPS) is 21.8. The van der Waals surface area contributed by atoms with Gasteiger partial charge in [0, 0.05) is 49.5 Å². The third-order valence-electron chi connectivity index (χ3n) is 7.88. The van der Waals surface area contributed by atoms with Crippen molar-refractivity contribution in [2.45, 2.75) is 43.9 Å². The van der Waals surface area contributed by atoms with Gasteiger partial charge >= 0.3 is 0 Å². The van der Waals surface area contributed by atoms with E-state index in [1.165, 1.54) is 23.0 Å². The molecule has 1 atom stereocenters. The summed E-state index contributed by atoms with van der Waals surface area (Å²) in [7, 11) is 0. The van der Waals surface area contributed by atoms with E-state index in [2.05, 4.69) is 15.0 Å². The highest BCUT2D eigenvalue weighted by molar-refractivity contribution is 5.54. The van der Waals surface area contributed by atoms with Gasteiger partial charge in [-0.25, -0.2) is 17.9 Å². The molecule has 3 aliphatic heterocycles. The molecule has 1 unspecified atom stereocenters. The second-order valence-electron chi connectivity index (χ2n) is 10.1. The van der Waals surface area contributed by atoms with E-state index >= 15 is 0 Å². The second-order valence-corrected chi connectivity index (χ2v) is 10.1. The maximum absolute atomic E-state index is 14.1. The van der Waals surface area contributed by atoms with E-state index in [0.717, 1.165) is 25.1 Å². The minimum atomic E-state index is -0.924. The summed E-state index contributed by atoms with van der Waals surface area (Å²) in [4.78, 5) is 15.6. The minimum absolute atomic E-state index is 0.382. The standard InChI is InChI=1S/C26H30F3N7O2/c27-18-16-30-35(17-18)23-15-22(31-25(32-23)34-10-12-38-13-11-34)33-8-6-26(7-9-33)5-1-2-24(37)36(26)19-3-4-20(28)21(29)14-19/h3-4,14-17,24,37H,1-2,5-13H2. The fourth-order valence-corrected chi connectivity index (χ4v) is 5.92. The first-order chi connectivity index (χ1) is 18.4. The molecular formula is C26H30F3N7O2. The Hall–Kier alpha value is -3.38. The minimum Gasteiger partial charge on any atom is -0.378 e. The third-order valence-corrected chi connectivity index (χ3v) is 7.88. The summed E-state index contributed by atoms with van der Waals surface area (Å²) >= 11 is 0. The molecule has 9 nitrogen and oxygen atoms in total. The number of anilines is 3. The van der Waals surface area contributed by atoms with Crippen molar-refractivity contribution in [3.63, 3.8) is 0 Å². The van der Waals surface area contributed by atoms with Gasteiger partial charge in [-0.05, 0) is 44.2 Å². The first kappa shape index (κ1) is 24.9. The average Bonchev–Trinajstić information content (AvgIpc) is 3.37. The molecule has 3 saturated heterocycles. The molecule has 1 spiro atoms. The summed E-state index contributed by atoms with van der Waals surface area (Å²) < 4.78 is 48.4. The molecule has 0 bridgehead atoms. The van der Waals surface area contributed by atoms with Crippen LogP contribution in [0.15, 0.2) is 36.7 Å². The van der Waals surface area contributed by atoms with Crippen LogP contribution < -0.4 is 14.7 Å². The summed E-state index contributed by atoms with van der Waals surface area (Å²) in [6.07, 6.45) is 5.32. The quantitative estimate of drug-likeness (QED) is 0.552. The van der Waals surface area contributed by atoms with E-state index in [0.29, 0.717) is 81.9 Å². The maximum Gasteiger partial charge on any atom is 0.229 e. The molecule has 3 aromatic rings. The monoisotopic (exact) mass is 529 g/mol. The number of piperidine rings is 2. The number of benzene rings is 1. The van der Waals surface area contributed by atoms with Crippen LogP contribution in [-0.4, -0.2) is 76.0 Å². The van der Waals surface area contributed by atoms with E-state index in [9.17, 15) is 18.3 Å². The first-order valence-electron chi connectivity index (χ1n) is 13.0. The molecule has 0 radical (unpaired) electrons. The molecule has 202 valence electrons. The Morgan fingerprint density at radius 3 is 2.37 bits per heavy atom. The molecule has 12 heteroatoms. The van der Waals surface area contributed by atoms with Crippen molar-refractivity contribution < 1.29 is 23.0 Å². The number of ether oxygens (including phenoxy) is 1. The lowest BCUT2D eigenvalue weighted by molar-refractivity contribution is 0.0779. The van der Waals surface area contributed by atoms with Crippen LogP contribution in [0.4, 0.5) is 30.6 Å². The lowest BCUT2D eigenvalue weighted by Gasteiger charge is -2.54. The van der Waals surface area contributed by atoms with Crippen molar-refractivity contribution in [2.24, 2.45) is 0 Å². The number of aliphatic hydroxyl groups is 1. The fraction of sp³-hybridized carbons (Fsp3) is 0.500. The summed E-state index contributed by atoms with van der Waals surface area (Å²) in [5.41, 5.74) is 0.107. The highest BCUT2D eigenvalue weighted by Crippen LogP contribution is 2.43. The summed E-state index contributed by atoms with van der Waals surface area (Å²) in [5.74, 6) is -0.571. The van der Waals surface area contributed by atoms with Crippen molar-refractivity contribution in [1.29, 1.82) is 0 Å². The molecular weight excluding hydrogens is 499 g/mol. The Balaban J connectivity index is 1.29. The zero-order chi connectivity index (χ0) is 26.3. The van der Waals surface area contributed by atoms with Gasteiger partial charge in [-0.1, -0.05) is 0 Å². The molecule has 0 amide bonds. The lowest BCUT2D eigenvalue weighted by Crippen LogP contribution is -2.61. The average molecular weight is 530 g/mol. The van der Waals surface area contributed by atoms with Gasteiger partial charge in [0.25, 0.3) is 0 Å². The topological polar surface area (TPSA) is 82.8 Å². The van der Waals surface area contributed by atoms with E-state index in [1.807, 2.05) is 9.80 Å². The SMILES string of the molecule is OC1CCCC2(CCN(c3cc(-n4cc(F)cn4)nc(N4CCOCC4)n3)CC2)N1c1ccc(F)c(F)c1. The number of aliphatic hydroxyl groups excluding tert-OH is 1. The third kappa shape index (κ3) is 4.66. The van der Waals surface area contributed by atoms with Gasteiger partial charge in [0.05, 0.1) is 25.6 Å². The van der Waals surface area contributed by atoms with Crippen molar-refractivity contribution in [1.82, 2.24) is 19.7 Å². The summed E-state index contributed by atoms with van der Waals surface area (Å²) in [6.45, 7) is 3.74. The van der Waals surface area contributed by atoms with Gasteiger partial charge in [0.1, 0.15) is 12.0 Å². The first-order valence-corrected chi connectivity index (χ1v) is 13.0. The Kier molecular flexibility index (Phi) is 6.60. The van der Waals surface area contributed by atoms with Crippen LogP contribution in [0, 0.1) is 17.5 Å². The van der Waals surface area contributed by atoms with Gasteiger partial charge in [0.2, 0.25) is 5.95 Å². The van der Waals surface area contributed by atoms with Crippen molar-refractivity contribution >= 4 is 17.5 Å². The largest absolute Gasteiger partial charge is 0.378 e. The molecule has 3 aliphatic rings. The molecule has 2 aromatic heterocycles. The van der Waals surface area contributed by atoms with Gasteiger partial charge in [0.15, 0.2) is 23.3 Å². The van der Waals surface area contributed by atoms with E-state index in [-0.39, 0.29) is 5.54 Å². The predicted octanol–water partition coefficient (Wildman–Crippen LogP) is 3.26. The molecule has 1 aromatic carbocycles. The number of hydrogen-bond donors (Lipinski definition) is 1. The van der Waals surface area contributed by atoms with Crippen LogP contribution in [0.5, 0.6) is 0 Å². The highest BCUT2D eigenvalue weighted by Gasteiger charge is 2.45. The molecule has 3 fully saturated rings. The number of nitrogens with zero attached hydrogens (tertiary/aromatic N) is 7. The van der Waals surface area contributed by atoms with Crippen LogP contribution in [0.2, 0.25) is 0 Å². The lowest BCUT2D eigenvalue weighted by atomic mass is 9.77. The van der Waals surface area contributed by atoms with E-state index in [4.69, 9.17) is 9.72 Å². The zero-order valence-electron chi connectivity index (χ0n) is 20.9. The van der Waals surface area contributed by atoms with Gasteiger partial charge < -0.3 is 24.5 Å². The number of aromatic nitrogens is 4. The second kappa shape index (κ2) is 10.1. The summed E-state index contributed by atoms with van der Waals surface area (Å²) in [6, 6.07) is 5.63. The van der Waals surface area contributed by atoms with Crippen molar-refractivity contribution in [3.05, 3.63) is 54.1 Å². The van der Waals surface area contributed by atoms with Gasteiger partial charge in [-0.15, -0.1) is 0 Å². The Morgan fingerprint density at radius 1 is 0.895 bits per heavy atom. The van der Waals surface area contributed by atoms with Crippen LogP contribution in [0.3, 0.4) is 0 Å². The molecule has 0 saturated carbocycles. The Morgan fingerprint density at radius 2 is 1.66 bits per heavy atom. The molecule has 38 heavy (non-hydrogen) atoms. The number of morpholine rings is 1. The smallest absolute Gasteiger partial charge is 0.229 e. The summed E-state index contributed by atoms with van der Waals surface area (Å²) in [5, 5.41) is 15.0. The Labute approximate surface area is 218 Å². The number of hydrogen-bond acceptors (Lipinski definition) is 8. The molecule has 5 heterocycles. The van der Waals surface area contributed by atoms with Crippen LogP contribution in [-0.2, 0) is 4.74 Å². The molecule has 0 aliphatic carbocycles. The maximum atomic E-state index is 14.1. The number of rotatable bonds is 4. The van der Waals surface area contributed by atoms with Gasteiger partial charge in [-0.3, -0.25) is 0 Å². The zero-order valence-corrected chi connectivity index (χ0v) is 20.9. The van der Waals surface area contributed by atoms with E-state index in [1.54, 1.807) is 6.07 Å². The van der Waals surface area contributed by atoms with E-state index < -0.39 is 23.7 Å². The van der Waals surface area contributed by atoms with Crippen LogP contribution in [0.25, 0.3) is 5.82 Å². The highest BCUT2D eigenvalue weighted by atomic mass is 19.2. The van der Waals surface area contributed by atoms with Gasteiger partial charge in [-0.2, -0.15) is 15.1 Å². The predicted molar refractivity (Wildman–Crippen MR) is 135 cm³/mol. The molecule has 1 N–H and O–H groups in total. The number of halogens is 3. The molecule has 6 rings (SSSR count).